The van der Waals surface area contributed by atoms with Crippen LogP contribution in [-0.4, -0.2) is 30.5 Å². The number of thioether (sulfide) groups is 1. The van der Waals surface area contributed by atoms with Crippen molar-refractivity contribution in [3.05, 3.63) is 23.8 Å². The molecule has 1 aromatic rings. The van der Waals surface area contributed by atoms with Gasteiger partial charge in [0.2, 0.25) is 0 Å². The van der Waals surface area contributed by atoms with E-state index in [4.69, 9.17) is 5.73 Å². The first-order valence-electron chi connectivity index (χ1n) is 6.02. The molecule has 0 bridgehead atoms. The number of nitrogens with two attached hydrogens (primary N) is 1. The summed E-state index contributed by atoms with van der Waals surface area (Å²) in [6.45, 7) is 5.48. The van der Waals surface area contributed by atoms with Crippen LogP contribution in [0.3, 0.4) is 0 Å². The highest BCUT2D eigenvalue weighted by molar-refractivity contribution is 7.99. The van der Waals surface area contributed by atoms with Gasteiger partial charge in [-0.25, -0.2) is 0 Å². The van der Waals surface area contributed by atoms with Crippen molar-refractivity contribution in [3.8, 4) is 0 Å². The zero-order valence-corrected chi connectivity index (χ0v) is 11.9. The van der Waals surface area contributed by atoms with Gasteiger partial charge in [-0.15, -0.1) is 0 Å². The molecule has 4 N–H and O–H groups in total. The van der Waals surface area contributed by atoms with Gasteiger partial charge in [0.25, 0.3) is 5.91 Å². The van der Waals surface area contributed by atoms with E-state index in [1.807, 2.05) is 6.92 Å². The van der Waals surface area contributed by atoms with Gasteiger partial charge in [-0.2, -0.15) is 11.8 Å². The highest BCUT2D eigenvalue weighted by atomic mass is 32.2. The molecule has 1 amide bonds. The van der Waals surface area contributed by atoms with Crippen LogP contribution in [0.5, 0.6) is 0 Å². The lowest BCUT2D eigenvalue weighted by Crippen LogP contribution is -2.23. The predicted octanol–water partition coefficient (Wildman–Crippen LogP) is 2.18. The van der Waals surface area contributed by atoms with E-state index in [-0.39, 0.29) is 5.91 Å². The highest BCUT2D eigenvalue weighted by Gasteiger charge is 2.08. The molecule has 100 valence electrons. The number of rotatable bonds is 6. The predicted molar refractivity (Wildman–Crippen MR) is 80.3 cm³/mol. The molecule has 0 saturated carbocycles. The normalized spacial score (nSPS) is 11.9. The fourth-order valence-electron chi connectivity index (χ4n) is 1.45. The number of benzene rings is 1. The Morgan fingerprint density at radius 3 is 2.83 bits per heavy atom. The number of nitrogens with one attached hydrogen (secondary N) is 2. The second-order valence-corrected chi connectivity index (χ2v) is 5.36. The van der Waals surface area contributed by atoms with Crippen LogP contribution in [0.15, 0.2) is 18.2 Å². The van der Waals surface area contributed by atoms with Crippen molar-refractivity contribution in [1.29, 1.82) is 0 Å². The minimum absolute atomic E-state index is 0.0709. The summed E-state index contributed by atoms with van der Waals surface area (Å²) < 4.78 is 0. The fourth-order valence-corrected chi connectivity index (χ4v) is 1.70. The average molecular weight is 267 g/mol. The minimum atomic E-state index is -0.0709. The Bertz CT molecular complexity index is 409. The van der Waals surface area contributed by atoms with E-state index in [9.17, 15) is 4.79 Å². The van der Waals surface area contributed by atoms with E-state index in [2.05, 4.69) is 23.8 Å². The first-order valence-corrected chi connectivity index (χ1v) is 7.31. The van der Waals surface area contributed by atoms with E-state index in [0.717, 1.165) is 12.2 Å². The quantitative estimate of drug-likeness (QED) is 0.691. The molecule has 0 aliphatic rings. The lowest BCUT2D eigenvalue weighted by Gasteiger charge is -2.14. The van der Waals surface area contributed by atoms with Crippen molar-refractivity contribution < 1.29 is 4.79 Å². The van der Waals surface area contributed by atoms with Crippen molar-refractivity contribution in [2.75, 3.05) is 30.4 Å². The smallest absolute Gasteiger partial charge is 0.251 e. The van der Waals surface area contributed by atoms with Gasteiger partial charge in [0.05, 0.1) is 11.4 Å². The van der Waals surface area contributed by atoms with Gasteiger partial charge in [0.15, 0.2) is 0 Å². The molecule has 1 aromatic carbocycles. The molecule has 0 aliphatic carbocycles. The van der Waals surface area contributed by atoms with Crippen LogP contribution < -0.4 is 16.4 Å². The zero-order valence-electron chi connectivity index (χ0n) is 11.1. The summed E-state index contributed by atoms with van der Waals surface area (Å²) in [5.74, 6) is -0.0709. The average Bonchev–Trinajstić information content (AvgIpc) is 2.37. The minimum Gasteiger partial charge on any atom is -0.397 e. The first kappa shape index (κ1) is 14.7. The summed E-state index contributed by atoms with van der Waals surface area (Å²) in [4.78, 5) is 11.7. The van der Waals surface area contributed by atoms with Crippen molar-refractivity contribution >= 4 is 29.0 Å². The van der Waals surface area contributed by atoms with Gasteiger partial charge in [-0.3, -0.25) is 4.79 Å². The Morgan fingerprint density at radius 2 is 2.22 bits per heavy atom. The largest absolute Gasteiger partial charge is 0.397 e. The monoisotopic (exact) mass is 267 g/mol. The molecule has 0 fully saturated rings. The second kappa shape index (κ2) is 7.16. The lowest BCUT2D eigenvalue weighted by molar-refractivity contribution is 0.0956. The van der Waals surface area contributed by atoms with E-state index < -0.39 is 0 Å². The molecule has 0 spiro atoms. The van der Waals surface area contributed by atoms with E-state index in [1.165, 1.54) is 0 Å². The zero-order chi connectivity index (χ0) is 13.5. The van der Waals surface area contributed by atoms with Crippen LogP contribution in [0.2, 0.25) is 0 Å². The van der Waals surface area contributed by atoms with Crippen molar-refractivity contribution in [3.63, 3.8) is 0 Å². The first-order chi connectivity index (χ1) is 8.58. The lowest BCUT2D eigenvalue weighted by atomic mass is 10.1. The number of hydrogen-bond acceptors (Lipinski definition) is 4. The van der Waals surface area contributed by atoms with Gasteiger partial charge < -0.3 is 16.4 Å². The molecule has 0 heterocycles. The molecule has 1 rings (SSSR count). The summed E-state index contributed by atoms with van der Waals surface area (Å²) in [6.07, 6.45) is 2.07. The number of hydrogen-bond donors (Lipinski definition) is 3. The van der Waals surface area contributed by atoms with Crippen LogP contribution >= 0.6 is 11.8 Å². The maximum absolute atomic E-state index is 11.7. The molecule has 5 heteroatoms. The SMILES string of the molecule is CCNC(=O)c1ccc(N)c(NCC(C)SC)c1. The van der Waals surface area contributed by atoms with E-state index >= 15 is 0 Å². The Hall–Kier alpha value is -1.36. The molecular formula is C13H21N3OS. The number of carbonyl (C=O) groups excluding carboxylic acids is 1. The third kappa shape index (κ3) is 4.14. The van der Waals surface area contributed by atoms with Gasteiger partial charge in [0.1, 0.15) is 0 Å². The second-order valence-electron chi connectivity index (χ2n) is 4.09. The van der Waals surface area contributed by atoms with Gasteiger partial charge >= 0.3 is 0 Å². The third-order valence-corrected chi connectivity index (χ3v) is 3.61. The highest BCUT2D eigenvalue weighted by Crippen LogP contribution is 2.20. The molecule has 1 unspecified atom stereocenters. The van der Waals surface area contributed by atoms with E-state index in [0.29, 0.717) is 23.0 Å². The van der Waals surface area contributed by atoms with Crippen molar-refractivity contribution in [2.24, 2.45) is 0 Å². The summed E-state index contributed by atoms with van der Waals surface area (Å²) in [5.41, 5.74) is 8.00. The third-order valence-electron chi connectivity index (χ3n) is 2.64. The van der Waals surface area contributed by atoms with Crippen molar-refractivity contribution in [1.82, 2.24) is 5.32 Å². The topological polar surface area (TPSA) is 67.2 Å². The fraction of sp³-hybridized carbons (Fsp3) is 0.462. The van der Waals surface area contributed by atoms with Gasteiger partial charge in [-0.05, 0) is 31.4 Å². The Kier molecular flexibility index (Phi) is 5.85. The molecule has 4 nitrogen and oxygen atoms in total. The van der Waals surface area contributed by atoms with Crippen molar-refractivity contribution in [2.45, 2.75) is 19.1 Å². The van der Waals surface area contributed by atoms with Crippen LogP contribution in [-0.2, 0) is 0 Å². The number of carbonyl (C=O) groups is 1. The van der Waals surface area contributed by atoms with Gasteiger partial charge in [-0.1, -0.05) is 6.92 Å². The maximum atomic E-state index is 11.7. The Labute approximate surface area is 113 Å². The molecule has 1 atom stereocenters. The molecule has 18 heavy (non-hydrogen) atoms. The summed E-state index contributed by atoms with van der Waals surface area (Å²) in [7, 11) is 0. The Balaban J connectivity index is 2.78. The summed E-state index contributed by atoms with van der Waals surface area (Å²) in [6, 6.07) is 5.30. The number of amides is 1. The molecule has 0 saturated heterocycles. The van der Waals surface area contributed by atoms with Crippen LogP contribution in [0, 0.1) is 0 Å². The van der Waals surface area contributed by atoms with Crippen LogP contribution in [0.25, 0.3) is 0 Å². The molecule has 0 aromatic heterocycles. The number of anilines is 2. The molecule has 0 aliphatic heterocycles. The maximum Gasteiger partial charge on any atom is 0.251 e. The van der Waals surface area contributed by atoms with Crippen LogP contribution in [0.1, 0.15) is 24.2 Å². The van der Waals surface area contributed by atoms with Crippen LogP contribution in [0.4, 0.5) is 11.4 Å². The standard InChI is InChI=1S/C13H21N3OS/c1-4-15-13(17)10-5-6-11(14)12(7-10)16-8-9(2)18-3/h5-7,9,16H,4,8,14H2,1-3H3,(H,15,17). The van der Waals surface area contributed by atoms with E-state index in [1.54, 1.807) is 30.0 Å². The summed E-state index contributed by atoms with van der Waals surface area (Å²) in [5, 5.41) is 6.55. The summed E-state index contributed by atoms with van der Waals surface area (Å²) >= 11 is 1.79. The number of nitrogen functional groups attached to an aromatic ring is 1. The van der Waals surface area contributed by atoms with Gasteiger partial charge in [0, 0.05) is 23.9 Å². The molecular weight excluding hydrogens is 246 g/mol. The Morgan fingerprint density at radius 1 is 1.50 bits per heavy atom. The molecule has 0 radical (unpaired) electrons.